The minimum absolute atomic E-state index is 0.0209. The van der Waals surface area contributed by atoms with E-state index >= 15 is 0 Å². The maximum Gasteiger partial charge on any atom is 0.340 e. The number of aliphatic hydroxyl groups excluding tert-OH is 1. The molecular formula is C25H23NO4. The highest BCUT2D eigenvalue weighted by Gasteiger charge is 2.33. The fourth-order valence-electron chi connectivity index (χ4n) is 3.91. The van der Waals surface area contributed by atoms with Gasteiger partial charge in [0.25, 0.3) is 0 Å². The van der Waals surface area contributed by atoms with Crippen LogP contribution in [0.4, 0.5) is 0 Å². The molecule has 3 aromatic rings. The van der Waals surface area contributed by atoms with Crippen molar-refractivity contribution in [3.05, 3.63) is 77.5 Å². The van der Waals surface area contributed by atoms with Crippen molar-refractivity contribution < 1.29 is 19.4 Å². The Morgan fingerprint density at radius 3 is 2.13 bits per heavy atom. The molecule has 0 saturated heterocycles. The van der Waals surface area contributed by atoms with Gasteiger partial charge in [-0.2, -0.15) is 0 Å². The average Bonchev–Trinajstić information content (AvgIpc) is 3.15. The van der Waals surface area contributed by atoms with Gasteiger partial charge in [-0.1, -0.05) is 60.7 Å². The Kier molecular flexibility index (Phi) is 5.53. The van der Waals surface area contributed by atoms with Crippen molar-refractivity contribution in [3.8, 4) is 22.5 Å². The molecule has 0 saturated carbocycles. The number of aromatic amines is 1. The van der Waals surface area contributed by atoms with Crippen molar-refractivity contribution in [2.45, 2.75) is 26.2 Å². The second kappa shape index (κ2) is 8.41. The minimum atomic E-state index is -0.525. The Balaban J connectivity index is 2.08. The highest BCUT2D eigenvalue weighted by molar-refractivity contribution is 6.26. The van der Waals surface area contributed by atoms with Crippen LogP contribution in [0.15, 0.2) is 66.4 Å². The summed E-state index contributed by atoms with van der Waals surface area (Å²) in [5.74, 6) is -0.670. The monoisotopic (exact) mass is 401 g/mol. The Hall–Kier alpha value is -3.60. The lowest BCUT2D eigenvalue weighted by molar-refractivity contribution is -0.114. The predicted octanol–water partition coefficient (Wildman–Crippen LogP) is 5.55. The van der Waals surface area contributed by atoms with Crippen LogP contribution >= 0.6 is 0 Å². The molecule has 0 aliphatic heterocycles. The summed E-state index contributed by atoms with van der Waals surface area (Å²) in [7, 11) is 0. The smallest absolute Gasteiger partial charge is 0.340 e. The third kappa shape index (κ3) is 3.54. The average molecular weight is 401 g/mol. The highest BCUT2D eigenvalue weighted by Crippen LogP contribution is 2.41. The second-order valence-corrected chi connectivity index (χ2v) is 7.18. The molecule has 0 amide bonds. The van der Waals surface area contributed by atoms with Gasteiger partial charge in [0, 0.05) is 18.4 Å². The summed E-state index contributed by atoms with van der Waals surface area (Å²) >= 11 is 0. The maximum absolute atomic E-state index is 13.1. The first-order valence-electron chi connectivity index (χ1n) is 10.1. The molecule has 0 unspecified atom stereocenters. The summed E-state index contributed by atoms with van der Waals surface area (Å²) in [6.45, 7) is 1.95. The lowest BCUT2D eigenvalue weighted by Gasteiger charge is -2.17. The summed E-state index contributed by atoms with van der Waals surface area (Å²) in [6.07, 6.45) is 1.34. The number of rotatable bonds is 5. The number of ketones is 1. The first-order chi connectivity index (χ1) is 14.6. The van der Waals surface area contributed by atoms with Crippen LogP contribution in [0.2, 0.25) is 0 Å². The molecule has 4 rings (SSSR count). The van der Waals surface area contributed by atoms with Crippen molar-refractivity contribution in [1.82, 2.24) is 4.98 Å². The van der Waals surface area contributed by atoms with Crippen LogP contribution in [0, 0.1) is 0 Å². The van der Waals surface area contributed by atoms with Crippen LogP contribution in [0.3, 0.4) is 0 Å². The third-order valence-corrected chi connectivity index (χ3v) is 5.24. The standard InChI is InChI=1S/C25H23NO4/c1-2-30-25(29)22-21(20-18(27)14-9-15-19(20)28)23(16-10-5-3-6-11-16)26-24(22)17-12-7-4-8-13-17/h3-8,10-13,26-27H,2,9,14-15H2,1H3. The number of aromatic nitrogens is 1. The summed E-state index contributed by atoms with van der Waals surface area (Å²) < 4.78 is 5.37. The van der Waals surface area contributed by atoms with E-state index in [1.165, 1.54) is 0 Å². The van der Waals surface area contributed by atoms with Crippen LogP contribution < -0.4 is 0 Å². The van der Waals surface area contributed by atoms with E-state index in [2.05, 4.69) is 4.98 Å². The van der Waals surface area contributed by atoms with Crippen molar-refractivity contribution in [1.29, 1.82) is 0 Å². The number of allylic oxidation sites excluding steroid dienone is 2. The number of benzene rings is 2. The molecule has 1 aliphatic rings. The van der Waals surface area contributed by atoms with Gasteiger partial charge in [0.1, 0.15) is 5.76 Å². The molecule has 1 aliphatic carbocycles. The predicted molar refractivity (Wildman–Crippen MR) is 116 cm³/mol. The van der Waals surface area contributed by atoms with E-state index in [1.807, 2.05) is 60.7 Å². The number of aliphatic hydroxyl groups is 1. The van der Waals surface area contributed by atoms with E-state index in [0.717, 1.165) is 11.1 Å². The number of ether oxygens (including phenoxy) is 1. The number of hydrogen-bond acceptors (Lipinski definition) is 4. The van der Waals surface area contributed by atoms with E-state index in [-0.39, 0.29) is 29.3 Å². The number of hydrogen-bond donors (Lipinski definition) is 2. The molecule has 0 atom stereocenters. The minimum Gasteiger partial charge on any atom is -0.512 e. The first kappa shape index (κ1) is 19.7. The fraction of sp³-hybridized carbons (Fsp3) is 0.200. The van der Waals surface area contributed by atoms with Crippen molar-refractivity contribution in [2.75, 3.05) is 6.61 Å². The first-order valence-corrected chi connectivity index (χ1v) is 10.1. The molecular weight excluding hydrogens is 378 g/mol. The summed E-state index contributed by atoms with van der Waals surface area (Å²) in [5.41, 5.74) is 3.71. The molecule has 30 heavy (non-hydrogen) atoms. The summed E-state index contributed by atoms with van der Waals surface area (Å²) in [6, 6.07) is 19.0. The van der Waals surface area contributed by atoms with Gasteiger partial charge < -0.3 is 14.8 Å². The van der Waals surface area contributed by atoms with Gasteiger partial charge in [0.15, 0.2) is 5.78 Å². The van der Waals surface area contributed by atoms with Gasteiger partial charge in [-0.15, -0.1) is 0 Å². The lowest BCUT2D eigenvalue weighted by atomic mass is 9.86. The molecule has 0 radical (unpaired) electrons. The number of Topliss-reactive ketones (excluding diaryl/α,β-unsaturated/α-hetero) is 1. The normalized spacial score (nSPS) is 14.1. The molecule has 1 aromatic heterocycles. The molecule has 2 aromatic carbocycles. The zero-order chi connectivity index (χ0) is 21.1. The lowest BCUT2D eigenvalue weighted by Crippen LogP contribution is -2.15. The van der Waals surface area contributed by atoms with Gasteiger partial charge >= 0.3 is 5.97 Å². The number of esters is 1. The van der Waals surface area contributed by atoms with Crippen molar-refractivity contribution in [3.63, 3.8) is 0 Å². The zero-order valence-corrected chi connectivity index (χ0v) is 16.8. The van der Waals surface area contributed by atoms with E-state index < -0.39 is 5.97 Å². The van der Waals surface area contributed by atoms with E-state index in [9.17, 15) is 14.7 Å². The van der Waals surface area contributed by atoms with Crippen LogP contribution in [-0.4, -0.2) is 28.4 Å². The Bertz CT molecular complexity index is 1110. The zero-order valence-electron chi connectivity index (χ0n) is 16.8. The number of carbonyl (C=O) groups is 2. The molecule has 0 spiro atoms. The van der Waals surface area contributed by atoms with Gasteiger partial charge in [-0.25, -0.2) is 4.79 Å². The molecule has 5 heteroatoms. The van der Waals surface area contributed by atoms with Gasteiger partial charge in [0.05, 0.1) is 29.1 Å². The van der Waals surface area contributed by atoms with Crippen LogP contribution in [0.5, 0.6) is 0 Å². The molecule has 5 nitrogen and oxygen atoms in total. The van der Waals surface area contributed by atoms with Crippen molar-refractivity contribution >= 4 is 17.3 Å². The Morgan fingerprint density at radius 2 is 1.57 bits per heavy atom. The summed E-state index contributed by atoms with van der Waals surface area (Å²) in [4.78, 5) is 29.3. The topological polar surface area (TPSA) is 79.4 Å². The Morgan fingerprint density at radius 1 is 0.967 bits per heavy atom. The number of nitrogens with one attached hydrogen (secondary N) is 1. The fourth-order valence-corrected chi connectivity index (χ4v) is 3.91. The maximum atomic E-state index is 13.1. The second-order valence-electron chi connectivity index (χ2n) is 7.18. The number of H-pyrrole nitrogens is 1. The molecule has 152 valence electrons. The molecule has 2 N–H and O–H groups in total. The quantitative estimate of drug-likeness (QED) is 0.550. The van der Waals surface area contributed by atoms with Crippen LogP contribution in [0.25, 0.3) is 28.1 Å². The van der Waals surface area contributed by atoms with Gasteiger partial charge in [0.2, 0.25) is 0 Å². The van der Waals surface area contributed by atoms with Crippen LogP contribution in [0.1, 0.15) is 42.1 Å². The van der Waals surface area contributed by atoms with Crippen molar-refractivity contribution in [2.24, 2.45) is 0 Å². The molecule has 0 fully saturated rings. The van der Waals surface area contributed by atoms with E-state index in [0.29, 0.717) is 36.2 Å². The van der Waals surface area contributed by atoms with E-state index in [1.54, 1.807) is 6.92 Å². The molecule has 1 heterocycles. The summed E-state index contributed by atoms with van der Waals surface area (Å²) in [5, 5.41) is 10.7. The van der Waals surface area contributed by atoms with E-state index in [4.69, 9.17) is 4.74 Å². The highest BCUT2D eigenvalue weighted by atomic mass is 16.5. The Labute approximate surface area is 175 Å². The molecule has 0 bridgehead atoms. The SMILES string of the molecule is CCOC(=O)c1c(-c2ccccc2)[nH]c(-c2ccccc2)c1C1=C(O)CCCC1=O. The largest absolute Gasteiger partial charge is 0.512 e. The van der Waals surface area contributed by atoms with Gasteiger partial charge in [-0.3, -0.25) is 4.79 Å². The third-order valence-electron chi connectivity index (χ3n) is 5.24. The van der Waals surface area contributed by atoms with Gasteiger partial charge in [-0.05, 0) is 24.5 Å². The number of carbonyl (C=O) groups excluding carboxylic acids is 2. The van der Waals surface area contributed by atoms with Crippen LogP contribution in [-0.2, 0) is 9.53 Å².